The van der Waals surface area contributed by atoms with E-state index in [0.717, 1.165) is 11.6 Å². The summed E-state index contributed by atoms with van der Waals surface area (Å²) in [4.78, 5) is 15.3. The molecule has 1 rings (SSSR count). The van der Waals surface area contributed by atoms with Crippen molar-refractivity contribution in [3.05, 3.63) is 0 Å². The smallest absolute Gasteiger partial charge is 0.249 e. The molecule has 0 aromatic heterocycles. The maximum absolute atomic E-state index is 11.1. The quantitative estimate of drug-likeness (QED) is 0.732. The molecular formula is C9H16N2OS. The molecule has 0 fully saturated rings. The Balaban J connectivity index is 2.40. The van der Waals surface area contributed by atoms with Crippen LogP contribution in [0.3, 0.4) is 0 Å². The Bertz CT molecular complexity index is 242. The third kappa shape index (κ3) is 3.38. The largest absolute Gasteiger partial charge is 0.312 e. The zero-order chi connectivity index (χ0) is 10.1. The van der Waals surface area contributed by atoms with Gasteiger partial charge in [-0.25, -0.2) is 0 Å². The van der Waals surface area contributed by atoms with Crippen LogP contribution in [0.4, 0.5) is 0 Å². The molecule has 0 aromatic rings. The summed E-state index contributed by atoms with van der Waals surface area (Å²) in [5.74, 6) is 1.63. The monoisotopic (exact) mass is 200 g/mol. The Hall–Kier alpha value is -0.510. The number of carbonyl (C=O) groups is 1. The highest BCUT2D eigenvalue weighted by Crippen LogP contribution is 2.23. The second-order valence-electron chi connectivity index (χ2n) is 4.14. The van der Waals surface area contributed by atoms with Crippen LogP contribution in [0.1, 0.15) is 27.7 Å². The molecule has 3 nitrogen and oxygen atoms in total. The van der Waals surface area contributed by atoms with Crippen molar-refractivity contribution >= 4 is 23.5 Å². The third-order valence-electron chi connectivity index (χ3n) is 1.64. The standard InChI is InChI=1S/C9H16N2OS/c1-6-8(12)11-7(10-6)5-13-9(2,3)4/h6H,5H2,1-4H3,(H,10,11,12). The number of nitrogens with one attached hydrogen (secondary N) is 1. The molecule has 1 aliphatic heterocycles. The van der Waals surface area contributed by atoms with E-state index in [4.69, 9.17) is 0 Å². The normalized spacial score (nSPS) is 22.9. The lowest BCUT2D eigenvalue weighted by atomic mass is 10.3. The summed E-state index contributed by atoms with van der Waals surface area (Å²) in [6.07, 6.45) is 0. The van der Waals surface area contributed by atoms with Crippen molar-refractivity contribution in [2.45, 2.75) is 38.5 Å². The SMILES string of the molecule is CC1N=C(CSC(C)(C)C)NC1=O. The number of thioether (sulfide) groups is 1. The molecule has 0 spiro atoms. The van der Waals surface area contributed by atoms with Crippen LogP contribution >= 0.6 is 11.8 Å². The molecule has 1 unspecified atom stereocenters. The minimum Gasteiger partial charge on any atom is -0.312 e. The van der Waals surface area contributed by atoms with Gasteiger partial charge in [0.05, 0.1) is 5.75 Å². The van der Waals surface area contributed by atoms with Crippen molar-refractivity contribution < 1.29 is 4.79 Å². The predicted molar refractivity (Wildman–Crippen MR) is 57.3 cm³/mol. The van der Waals surface area contributed by atoms with Gasteiger partial charge in [0.25, 0.3) is 0 Å². The molecule has 4 heteroatoms. The van der Waals surface area contributed by atoms with Gasteiger partial charge in [-0.3, -0.25) is 9.79 Å². The summed E-state index contributed by atoms with van der Waals surface area (Å²) in [5, 5.41) is 2.77. The highest BCUT2D eigenvalue weighted by atomic mass is 32.2. The van der Waals surface area contributed by atoms with Gasteiger partial charge in [-0.1, -0.05) is 20.8 Å². The second kappa shape index (κ2) is 3.70. The van der Waals surface area contributed by atoms with E-state index in [9.17, 15) is 4.79 Å². The number of aliphatic imine (C=N–C) groups is 1. The van der Waals surface area contributed by atoms with Crippen molar-refractivity contribution in [1.82, 2.24) is 5.32 Å². The Morgan fingerprint density at radius 2 is 2.15 bits per heavy atom. The van der Waals surface area contributed by atoms with E-state index in [1.165, 1.54) is 0 Å². The molecule has 13 heavy (non-hydrogen) atoms. The Labute approximate surface area is 83.4 Å². The first-order valence-corrected chi connectivity index (χ1v) is 5.38. The van der Waals surface area contributed by atoms with E-state index in [1.807, 2.05) is 6.92 Å². The third-order valence-corrected chi connectivity index (χ3v) is 2.92. The van der Waals surface area contributed by atoms with Gasteiger partial charge in [-0.05, 0) is 6.92 Å². The molecule has 1 heterocycles. The van der Waals surface area contributed by atoms with Gasteiger partial charge in [0.1, 0.15) is 11.9 Å². The number of amides is 1. The van der Waals surface area contributed by atoms with Crippen LogP contribution in [-0.2, 0) is 4.79 Å². The number of amidine groups is 1. The van der Waals surface area contributed by atoms with Crippen LogP contribution in [0.25, 0.3) is 0 Å². The van der Waals surface area contributed by atoms with Crippen LogP contribution in [0.2, 0.25) is 0 Å². The van der Waals surface area contributed by atoms with Gasteiger partial charge in [-0.2, -0.15) is 0 Å². The van der Waals surface area contributed by atoms with Crippen molar-refractivity contribution in [1.29, 1.82) is 0 Å². The van der Waals surface area contributed by atoms with Gasteiger partial charge in [0.2, 0.25) is 5.91 Å². The molecule has 0 radical (unpaired) electrons. The van der Waals surface area contributed by atoms with E-state index < -0.39 is 0 Å². The van der Waals surface area contributed by atoms with Gasteiger partial charge < -0.3 is 5.32 Å². The lowest BCUT2D eigenvalue weighted by Gasteiger charge is -2.16. The number of carbonyl (C=O) groups excluding carboxylic acids is 1. The molecule has 74 valence electrons. The van der Waals surface area contributed by atoms with Crippen molar-refractivity contribution in [3.8, 4) is 0 Å². The van der Waals surface area contributed by atoms with Crippen LogP contribution in [0.5, 0.6) is 0 Å². The average molecular weight is 200 g/mol. The minimum absolute atomic E-state index is 0.0181. The van der Waals surface area contributed by atoms with E-state index in [0.29, 0.717) is 0 Å². The first kappa shape index (κ1) is 10.6. The maximum atomic E-state index is 11.1. The number of rotatable bonds is 2. The van der Waals surface area contributed by atoms with E-state index in [-0.39, 0.29) is 16.7 Å². The molecule has 1 aliphatic rings. The van der Waals surface area contributed by atoms with Crippen molar-refractivity contribution in [2.24, 2.45) is 4.99 Å². The lowest BCUT2D eigenvalue weighted by molar-refractivity contribution is -0.119. The molecule has 0 bridgehead atoms. The minimum atomic E-state index is -0.199. The summed E-state index contributed by atoms with van der Waals surface area (Å²) in [6, 6.07) is -0.199. The first-order valence-electron chi connectivity index (χ1n) is 4.40. The van der Waals surface area contributed by atoms with E-state index in [2.05, 4.69) is 31.1 Å². The molecule has 0 aromatic carbocycles. The van der Waals surface area contributed by atoms with Crippen LogP contribution < -0.4 is 5.32 Å². The molecule has 0 aliphatic carbocycles. The van der Waals surface area contributed by atoms with Gasteiger partial charge in [0, 0.05) is 4.75 Å². The number of hydrogen-bond donors (Lipinski definition) is 1. The number of hydrogen-bond acceptors (Lipinski definition) is 3. The Morgan fingerprint density at radius 1 is 1.54 bits per heavy atom. The molecule has 1 atom stereocenters. The average Bonchev–Trinajstić information content (AvgIpc) is 2.27. The van der Waals surface area contributed by atoms with E-state index in [1.54, 1.807) is 11.8 Å². The van der Waals surface area contributed by atoms with Crippen LogP contribution in [-0.4, -0.2) is 28.3 Å². The van der Waals surface area contributed by atoms with E-state index >= 15 is 0 Å². The second-order valence-corrected chi connectivity index (χ2v) is 5.94. The fourth-order valence-electron chi connectivity index (χ4n) is 0.930. The zero-order valence-electron chi connectivity index (χ0n) is 8.55. The predicted octanol–water partition coefficient (Wildman–Crippen LogP) is 1.43. The topological polar surface area (TPSA) is 41.5 Å². The molecular weight excluding hydrogens is 184 g/mol. The summed E-state index contributed by atoms with van der Waals surface area (Å²) in [5.41, 5.74) is 0. The zero-order valence-corrected chi connectivity index (χ0v) is 9.36. The number of nitrogens with zero attached hydrogens (tertiary/aromatic N) is 1. The van der Waals surface area contributed by atoms with Crippen molar-refractivity contribution in [3.63, 3.8) is 0 Å². The highest BCUT2D eigenvalue weighted by Gasteiger charge is 2.22. The molecule has 0 saturated heterocycles. The summed E-state index contributed by atoms with van der Waals surface area (Å²) >= 11 is 1.79. The van der Waals surface area contributed by atoms with Gasteiger partial charge >= 0.3 is 0 Å². The lowest BCUT2D eigenvalue weighted by Crippen LogP contribution is -2.29. The fraction of sp³-hybridized carbons (Fsp3) is 0.778. The molecule has 1 N–H and O–H groups in total. The summed E-state index contributed by atoms with van der Waals surface area (Å²) < 4.78 is 0.221. The first-order chi connectivity index (χ1) is 5.88. The molecule has 1 amide bonds. The summed E-state index contributed by atoms with van der Waals surface area (Å²) in [7, 11) is 0. The molecule has 0 saturated carbocycles. The van der Waals surface area contributed by atoms with Crippen molar-refractivity contribution in [2.75, 3.05) is 5.75 Å². The Morgan fingerprint density at radius 3 is 2.54 bits per heavy atom. The Kier molecular flexibility index (Phi) is 3.01. The fourth-order valence-corrected chi connectivity index (χ4v) is 1.65. The van der Waals surface area contributed by atoms with Gasteiger partial charge in [-0.15, -0.1) is 11.8 Å². The van der Waals surface area contributed by atoms with Crippen LogP contribution in [0.15, 0.2) is 4.99 Å². The maximum Gasteiger partial charge on any atom is 0.249 e. The summed E-state index contributed by atoms with van der Waals surface area (Å²) in [6.45, 7) is 8.26. The highest BCUT2D eigenvalue weighted by molar-refractivity contribution is 8.01. The van der Waals surface area contributed by atoms with Crippen LogP contribution in [0, 0.1) is 0 Å². The van der Waals surface area contributed by atoms with Gasteiger partial charge in [0.15, 0.2) is 0 Å².